The lowest BCUT2D eigenvalue weighted by Crippen LogP contribution is -2.68. The van der Waals surface area contributed by atoms with Gasteiger partial charge in [-0.15, -0.1) is 0 Å². The van der Waals surface area contributed by atoms with E-state index in [1.165, 1.54) is 0 Å². The molecule has 0 amide bonds. The van der Waals surface area contributed by atoms with E-state index < -0.39 is 221 Å². The first-order valence-corrected chi connectivity index (χ1v) is 26.1. The molecule has 0 aromatic rings. The normalized spacial score (nSPS) is 43.3. The number of aliphatic hydroxyl groups excluding tert-OH is 6. The van der Waals surface area contributed by atoms with Crippen LogP contribution in [0.5, 0.6) is 0 Å². The van der Waals surface area contributed by atoms with Crippen molar-refractivity contribution in [2.75, 3.05) is 26.9 Å². The lowest BCUT2D eigenvalue weighted by Gasteiger charge is -2.48. The molecule has 426 valence electrons. The van der Waals surface area contributed by atoms with Crippen molar-refractivity contribution in [2.45, 2.75) is 154 Å². The van der Waals surface area contributed by atoms with Crippen LogP contribution >= 0.6 is 0 Å². The van der Waals surface area contributed by atoms with Gasteiger partial charge in [-0.1, -0.05) is 0 Å². The van der Waals surface area contributed by atoms with E-state index in [4.69, 9.17) is 73.7 Å². The fourth-order valence-corrected chi connectivity index (χ4v) is 9.25. The summed E-state index contributed by atoms with van der Waals surface area (Å²) in [5.41, 5.74) is 18.1. The van der Waals surface area contributed by atoms with Gasteiger partial charge in [-0.3, -0.25) is 18.2 Å². The molecule has 0 aromatic carbocycles. The maximum absolute atomic E-state index is 12.5. The molecule has 5 rings (SSSR count). The molecule has 42 heteroatoms. The summed E-state index contributed by atoms with van der Waals surface area (Å²) in [4.78, 5) is 25.0. The lowest BCUT2D eigenvalue weighted by molar-refractivity contribution is -0.364. The summed E-state index contributed by atoms with van der Waals surface area (Å²) in [5, 5.41) is 75.6. The molecule has 24 atom stereocenters. The van der Waals surface area contributed by atoms with Crippen molar-refractivity contribution in [3.8, 4) is 0 Å². The van der Waals surface area contributed by atoms with Gasteiger partial charge in [0.15, 0.2) is 49.9 Å². The summed E-state index contributed by atoms with van der Waals surface area (Å²) in [7, 11) is -20.3. The number of aliphatic hydroxyl groups is 6. The van der Waals surface area contributed by atoms with E-state index in [2.05, 4.69) is 16.7 Å². The molecule has 0 bridgehead atoms. The maximum atomic E-state index is 12.5. The van der Waals surface area contributed by atoms with E-state index in [9.17, 15) is 88.1 Å². The van der Waals surface area contributed by atoms with Crippen LogP contribution in [0.4, 0.5) is 0 Å². The van der Waals surface area contributed by atoms with Gasteiger partial charge in [0.25, 0.3) is 0 Å². The first-order chi connectivity index (χ1) is 33.6. The topological polar surface area (TPSA) is 601 Å². The Bertz CT molecular complexity index is 2320. The van der Waals surface area contributed by atoms with Gasteiger partial charge in [-0.2, -0.15) is 33.7 Å². The molecular weight excluding hydrogens is 1100 g/mol. The largest absolute Gasteiger partial charge is 0.479 e. The Labute approximate surface area is 412 Å². The number of methoxy groups -OCH3 is 1. The smallest absolute Gasteiger partial charge is 0.397 e. The van der Waals surface area contributed by atoms with Crippen LogP contribution < -0.4 is 17.2 Å². The van der Waals surface area contributed by atoms with Gasteiger partial charge in [-0.05, 0) is 6.42 Å². The van der Waals surface area contributed by atoms with Crippen LogP contribution in [0.25, 0.3) is 0 Å². The zero-order chi connectivity index (χ0) is 54.9. The molecule has 17 N–H and O–H groups in total. The highest BCUT2D eigenvalue weighted by Crippen LogP contribution is 2.36. The first kappa shape index (κ1) is 61.7. The number of hydrogen-bond donors (Lipinski definition) is 14. The predicted octanol–water partition coefficient (Wildman–Crippen LogP) is -10.7. The molecule has 5 aliphatic rings. The van der Waals surface area contributed by atoms with Crippen LogP contribution in [0.1, 0.15) is 6.42 Å². The van der Waals surface area contributed by atoms with Gasteiger partial charge in [0.05, 0.1) is 44.1 Å². The molecule has 38 nitrogen and oxygen atoms in total. The molecule has 10 unspecified atom stereocenters. The standard InChI is InChI=1S/C31H53N3O35S4/c1-56-28-14(34)17(38)22(12(64-28)6-59-72(50,51)52)66-31-24(69-73(53,54)55)20(41)21(9(3-35)61-31)65-27-7(32)2-8(10(62-27)4-57-70(44,45)46)60-30-19(40)18(39)23(25(68-30)26(42)43)67-29-13(33)16(37)15(36)11(63-29)5-58-71(47,48)49/h3,7-25,27-31,36-41H,2,4-6,32-34H2,1H3,(H,42,43)(H,44,45,46)(H,47,48,49)(H,50,51,52)(H,53,54,55)/t7?,8-,9?,10?,11?,12?,13?,14?,15+,16+,17+,18+,19?,20+,21-,22+,23-,24?,25?,27-,28-,29+,30+,31-/m0/s1. The monoisotopic (exact) mass is 1160 g/mol. The second-order valence-corrected chi connectivity index (χ2v) is 20.7. The summed E-state index contributed by atoms with van der Waals surface area (Å²) in [5.74, 6) is -1.95. The number of aldehydes is 1. The number of carboxylic acid groups (broad SMARTS) is 1. The van der Waals surface area contributed by atoms with Crippen molar-refractivity contribution in [1.29, 1.82) is 0 Å². The third-order valence-electron chi connectivity index (χ3n) is 11.3. The van der Waals surface area contributed by atoms with E-state index in [0.717, 1.165) is 7.11 Å². The zero-order valence-corrected chi connectivity index (χ0v) is 40.1. The molecule has 5 aliphatic heterocycles. The summed E-state index contributed by atoms with van der Waals surface area (Å²) in [6.45, 7) is -3.59. The Morgan fingerprint density at radius 2 is 1.04 bits per heavy atom. The molecule has 73 heavy (non-hydrogen) atoms. The molecular formula is C31H53N3O35S4. The summed E-state index contributed by atoms with van der Waals surface area (Å²) in [6, 6.07) is -4.96. The van der Waals surface area contributed by atoms with E-state index >= 15 is 0 Å². The molecule has 0 aliphatic carbocycles. The SMILES string of the molecule is CO[C@H]1OC(COS(=O)(=O)O)[C@@H](O[C@@H]2OC(C=O)[C@H](O[C@@H]3OC(COS(=O)(=O)O)[C@@H](O[C@@H]4OC(C(=O)O)[C@@H](O[C@H]5OC(COS(=O)(=O)O)[C@@H](O)[C@H](O)C5N)[C@H](O)C4O)CC3N)[C@@H](O)C2OS(=O)(=O)O)[C@H](O)C1N. The number of rotatable bonds is 22. The molecule has 0 aromatic heterocycles. The van der Waals surface area contributed by atoms with Crippen molar-refractivity contribution in [1.82, 2.24) is 0 Å². The van der Waals surface area contributed by atoms with Gasteiger partial charge in [-0.25, -0.2) is 21.5 Å². The summed E-state index contributed by atoms with van der Waals surface area (Å²) < 4.78 is 202. The van der Waals surface area contributed by atoms with Gasteiger partial charge in [0, 0.05) is 7.11 Å². The van der Waals surface area contributed by atoms with E-state index in [1.807, 2.05) is 0 Å². The second kappa shape index (κ2) is 24.7. The van der Waals surface area contributed by atoms with Crippen LogP contribution in [0.3, 0.4) is 0 Å². The van der Waals surface area contributed by atoms with Gasteiger partial charge in [0.1, 0.15) is 79.4 Å². The average Bonchev–Trinajstić information content (AvgIpc) is 3.27. The van der Waals surface area contributed by atoms with Gasteiger partial charge >= 0.3 is 47.6 Å². The van der Waals surface area contributed by atoms with Crippen LogP contribution in [-0.2, 0) is 115 Å². The highest BCUT2D eigenvalue weighted by Gasteiger charge is 2.57. The molecule has 5 fully saturated rings. The number of carboxylic acids is 1. The highest BCUT2D eigenvalue weighted by molar-refractivity contribution is 7.81. The van der Waals surface area contributed by atoms with E-state index in [0.29, 0.717) is 0 Å². The Balaban J connectivity index is 1.35. The molecule has 0 radical (unpaired) electrons. The predicted molar refractivity (Wildman–Crippen MR) is 217 cm³/mol. The third kappa shape index (κ3) is 16.2. The van der Waals surface area contributed by atoms with Gasteiger partial charge in [0.2, 0.25) is 0 Å². The lowest BCUT2D eigenvalue weighted by atomic mass is 9.95. The number of aliphatic carboxylic acids is 1. The zero-order valence-electron chi connectivity index (χ0n) is 36.8. The van der Waals surface area contributed by atoms with E-state index in [-0.39, 0.29) is 6.29 Å². The fourth-order valence-electron chi connectivity index (χ4n) is 7.85. The number of carbonyl (C=O) groups excluding carboxylic acids is 1. The van der Waals surface area contributed by atoms with Crippen molar-refractivity contribution in [3.63, 3.8) is 0 Å². The van der Waals surface area contributed by atoms with Crippen molar-refractivity contribution >= 4 is 53.9 Å². The minimum absolute atomic E-state index is 0.0777. The summed E-state index contributed by atoms with van der Waals surface area (Å²) in [6.07, 6.45) is -45.1. The van der Waals surface area contributed by atoms with Crippen LogP contribution in [-0.4, -0.2) is 274 Å². The van der Waals surface area contributed by atoms with Crippen molar-refractivity contribution in [2.24, 2.45) is 17.2 Å². The first-order valence-electron chi connectivity index (χ1n) is 20.6. The van der Waals surface area contributed by atoms with Crippen molar-refractivity contribution in [3.05, 3.63) is 0 Å². The second-order valence-electron chi connectivity index (χ2n) is 16.3. The van der Waals surface area contributed by atoms with E-state index in [1.54, 1.807) is 0 Å². The quantitative estimate of drug-likeness (QED) is 0.0354. The number of ether oxygens (including phenoxy) is 10. The molecule has 5 heterocycles. The fraction of sp³-hybridized carbons (Fsp3) is 0.935. The minimum atomic E-state index is -5.66. The third-order valence-corrected chi connectivity index (χ3v) is 13.1. The number of hydrogen-bond acceptors (Lipinski definition) is 33. The number of nitrogens with two attached hydrogens (primary N) is 3. The van der Waals surface area contributed by atoms with Crippen LogP contribution in [0, 0.1) is 0 Å². The molecule has 0 spiro atoms. The van der Waals surface area contributed by atoms with Crippen LogP contribution in [0.2, 0.25) is 0 Å². The Morgan fingerprint density at radius 3 is 1.58 bits per heavy atom. The van der Waals surface area contributed by atoms with Crippen LogP contribution in [0.15, 0.2) is 0 Å². The number of carbonyl (C=O) groups is 2. The molecule has 0 saturated carbocycles. The Kier molecular flexibility index (Phi) is 20.9. The van der Waals surface area contributed by atoms with Crippen molar-refractivity contribution < 1.29 is 161 Å². The summed E-state index contributed by atoms with van der Waals surface area (Å²) >= 11 is 0. The highest BCUT2D eigenvalue weighted by atomic mass is 32.3. The average molecular weight is 1160 g/mol. The minimum Gasteiger partial charge on any atom is -0.479 e. The Hall–Kier alpha value is -2.14. The van der Waals surface area contributed by atoms with Gasteiger partial charge < -0.3 is 105 Å². The Morgan fingerprint density at radius 1 is 0.534 bits per heavy atom. The maximum Gasteiger partial charge on any atom is 0.397 e. The molecule has 5 saturated heterocycles.